The van der Waals surface area contributed by atoms with Crippen molar-refractivity contribution in [1.82, 2.24) is 10.6 Å². The van der Waals surface area contributed by atoms with Gasteiger partial charge < -0.3 is 10.6 Å². The summed E-state index contributed by atoms with van der Waals surface area (Å²) in [6.45, 7) is 5.57. The monoisotopic (exact) mass is 212 g/mol. The van der Waals surface area contributed by atoms with E-state index in [9.17, 15) is 4.79 Å². The first-order valence-electron chi connectivity index (χ1n) is 6.22. The highest BCUT2D eigenvalue weighted by Crippen LogP contribution is 2.28. The molecular formula is C12H24N2O. The summed E-state index contributed by atoms with van der Waals surface area (Å²) in [5, 5.41) is 6.15. The molecule has 0 aromatic heterocycles. The predicted octanol–water partition coefficient (Wildman–Crippen LogP) is 1.68. The Labute approximate surface area is 93.0 Å². The maximum absolute atomic E-state index is 11.4. The summed E-state index contributed by atoms with van der Waals surface area (Å²) >= 11 is 0. The first kappa shape index (κ1) is 12.5. The van der Waals surface area contributed by atoms with Crippen molar-refractivity contribution in [3.05, 3.63) is 0 Å². The molecule has 0 aromatic carbocycles. The molecule has 0 aromatic rings. The molecule has 1 unspecified atom stereocenters. The minimum atomic E-state index is 0.123. The lowest BCUT2D eigenvalue weighted by Crippen LogP contribution is -2.39. The Kier molecular flexibility index (Phi) is 5.69. The maximum Gasteiger partial charge on any atom is 0.234 e. The van der Waals surface area contributed by atoms with E-state index in [1.54, 1.807) is 0 Å². The van der Waals surface area contributed by atoms with Crippen LogP contribution in [0.4, 0.5) is 0 Å². The van der Waals surface area contributed by atoms with E-state index >= 15 is 0 Å². The zero-order valence-electron chi connectivity index (χ0n) is 10.0. The molecule has 3 nitrogen and oxygen atoms in total. The van der Waals surface area contributed by atoms with Crippen LogP contribution in [-0.2, 0) is 4.79 Å². The Morgan fingerprint density at radius 2 is 2.20 bits per heavy atom. The highest BCUT2D eigenvalue weighted by atomic mass is 16.1. The van der Waals surface area contributed by atoms with Crippen molar-refractivity contribution in [1.29, 1.82) is 0 Å². The number of rotatable bonds is 7. The summed E-state index contributed by atoms with van der Waals surface area (Å²) in [7, 11) is 0. The molecule has 1 fully saturated rings. The number of hydrogen-bond donors (Lipinski definition) is 2. The van der Waals surface area contributed by atoms with Crippen LogP contribution < -0.4 is 10.6 Å². The maximum atomic E-state index is 11.4. The van der Waals surface area contributed by atoms with Crippen LogP contribution >= 0.6 is 0 Å². The number of nitrogens with one attached hydrogen (secondary N) is 2. The van der Waals surface area contributed by atoms with Crippen LogP contribution in [0.1, 0.15) is 46.0 Å². The molecule has 1 rings (SSSR count). The Morgan fingerprint density at radius 3 is 2.73 bits per heavy atom. The van der Waals surface area contributed by atoms with Gasteiger partial charge in [-0.25, -0.2) is 0 Å². The van der Waals surface area contributed by atoms with Crippen molar-refractivity contribution in [2.24, 2.45) is 5.92 Å². The van der Waals surface area contributed by atoms with E-state index < -0.39 is 0 Å². The molecule has 0 aliphatic heterocycles. The summed E-state index contributed by atoms with van der Waals surface area (Å²) in [6, 6.07) is 0.297. The van der Waals surface area contributed by atoms with E-state index in [2.05, 4.69) is 17.6 Å². The zero-order valence-corrected chi connectivity index (χ0v) is 10.0. The second kappa shape index (κ2) is 6.83. The van der Waals surface area contributed by atoms with Gasteiger partial charge in [-0.1, -0.05) is 26.2 Å². The van der Waals surface area contributed by atoms with Crippen LogP contribution in [0.15, 0.2) is 0 Å². The molecule has 0 heterocycles. The average Bonchev–Trinajstić information content (AvgIpc) is 2.14. The molecular weight excluding hydrogens is 188 g/mol. The summed E-state index contributed by atoms with van der Waals surface area (Å²) in [6.07, 6.45) is 6.41. The molecule has 2 N–H and O–H groups in total. The molecule has 1 aliphatic carbocycles. The molecule has 1 saturated carbocycles. The minimum Gasteiger partial charge on any atom is -0.353 e. The highest BCUT2D eigenvalue weighted by Gasteiger charge is 2.16. The first-order valence-corrected chi connectivity index (χ1v) is 6.22. The molecule has 3 heteroatoms. The third-order valence-corrected chi connectivity index (χ3v) is 3.26. The normalized spacial score (nSPS) is 18.3. The number of carbonyl (C=O) groups excluding carboxylic acids is 1. The lowest BCUT2D eigenvalue weighted by Gasteiger charge is -2.25. The molecule has 15 heavy (non-hydrogen) atoms. The van der Waals surface area contributed by atoms with E-state index in [0.29, 0.717) is 12.6 Å². The second-order valence-electron chi connectivity index (χ2n) is 4.64. The van der Waals surface area contributed by atoms with Gasteiger partial charge in [-0.15, -0.1) is 0 Å². The Hall–Kier alpha value is -0.570. The van der Waals surface area contributed by atoms with Gasteiger partial charge in [-0.2, -0.15) is 0 Å². The third kappa shape index (κ3) is 5.17. The fraction of sp³-hybridized carbons (Fsp3) is 0.917. The summed E-state index contributed by atoms with van der Waals surface area (Å²) in [4.78, 5) is 11.4. The fourth-order valence-electron chi connectivity index (χ4n) is 1.72. The number of carbonyl (C=O) groups is 1. The number of amides is 1. The van der Waals surface area contributed by atoms with Crippen LogP contribution in [0.3, 0.4) is 0 Å². The minimum absolute atomic E-state index is 0.123. The fourth-order valence-corrected chi connectivity index (χ4v) is 1.72. The average molecular weight is 212 g/mol. The molecule has 0 spiro atoms. The molecule has 0 radical (unpaired) electrons. The van der Waals surface area contributed by atoms with Crippen molar-refractivity contribution in [3.8, 4) is 0 Å². The van der Waals surface area contributed by atoms with Crippen molar-refractivity contribution in [2.45, 2.75) is 52.0 Å². The van der Waals surface area contributed by atoms with E-state index in [1.165, 1.54) is 25.7 Å². The van der Waals surface area contributed by atoms with Gasteiger partial charge in [0.1, 0.15) is 0 Å². The first-order chi connectivity index (χ1) is 7.22. The van der Waals surface area contributed by atoms with E-state index in [1.807, 2.05) is 6.92 Å². The standard InChI is InChI=1S/C12H24N2O/c1-3-10(2)14-12(15)9-13-8-7-11-5-4-6-11/h10-11,13H,3-9H2,1-2H3,(H,14,15). The smallest absolute Gasteiger partial charge is 0.234 e. The summed E-state index contributed by atoms with van der Waals surface area (Å²) < 4.78 is 0. The highest BCUT2D eigenvalue weighted by molar-refractivity contribution is 5.78. The molecule has 1 amide bonds. The van der Waals surface area contributed by atoms with Crippen LogP contribution in [-0.4, -0.2) is 25.0 Å². The van der Waals surface area contributed by atoms with Gasteiger partial charge in [0.25, 0.3) is 0 Å². The lowest BCUT2D eigenvalue weighted by atomic mass is 9.83. The Bertz CT molecular complexity index is 190. The summed E-state index contributed by atoms with van der Waals surface area (Å²) in [5.74, 6) is 1.05. The van der Waals surface area contributed by atoms with Crippen LogP contribution in [0.5, 0.6) is 0 Å². The Morgan fingerprint density at radius 1 is 1.47 bits per heavy atom. The molecule has 1 aliphatic rings. The SMILES string of the molecule is CCC(C)NC(=O)CNCCC1CCC1. The largest absolute Gasteiger partial charge is 0.353 e. The van der Waals surface area contributed by atoms with Gasteiger partial charge >= 0.3 is 0 Å². The topological polar surface area (TPSA) is 41.1 Å². The van der Waals surface area contributed by atoms with E-state index in [4.69, 9.17) is 0 Å². The van der Waals surface area contributed by atoms with Crippen LogP contribution in [0.2, 0.25) is 0 Å². The molecule has 0 saturated heterocycles. The van der Waals surface area contributed by atoms with Gasteiger partial charge in [0.2, 0.25) is 5.91 Å². The molecule has 1 atom stereocenters. The number of hydrogen-bond acceptors (Lipinski definition) is 2. The van der Waals surface area contributed by atoms with E-state index in [-0.39, 0.29) is 5.91 Å². The van der Waals surface area contributed by atoms with Crippen molar-refractivity contribution in [2.75, 3.05) is 13.1 Å². The van der Waals surface area contributed by atoms with Crippen molar-refractivity contribution >= 4 is 5.91 Å². The van der Waals surface area contributed by atoms with Crippen LogP contribution in [0, 0.1) is 5.92 Å². The van der Waals surface area contributed by atoms with Gasteiger partial charge in [0, 0.05) is 6.04 Å². The third-order valence-electron chi connectivity index (χ3n) is 3.26. The van der Waals surface area contributed by atoms with Gasteiger partial charge in [0.05, 0.1) is 6.54 Å². The van der Waals surface area contributed by atoms with Crippen molar-refractivity contribution in [3.63, 3.8) is 0 Å². The lowest BCUT2D eigenvalue weighted by molar-refractivity contribution is -0.120. The van der Waals surface area contributed by atoms with Gasteiger partial charge in [-0.05, 0) is 32.2 Å². The van der Waals surface area contributed by atoms with Gasteiger partial charge in [0.15, 0.2) is 0 Å². The molecule has 88 valence electrons. The predicted molar refractivity (Wildman–Crippen MR) is 62.7 cm³/mol. The molecule has 0 bridgehead atoms. The zero-order chi connectivity index (χ0) is 11.1. The van der Waals surface area contributed by atoms with Crippen LogP contribution in [0.25, 0.3) is 0 Å². The quantitative estimate of drug-likeness (QED) is 0.630. The van der Waals surface area contributed by atoms with Gasteiger partial charge in [-0.3, -0.25) is 4.79 Å². The van der Waals surface area contributed by atoms with Crippen molar-refractivity contribution < 1.29 is 4.79 Å². The second-order valence-corrected chi connectivity index (χ2v) is 4.64. The summed E-state index contributed by atoms with van der Waals surface area (Å²) in [5.41, 5.74) is 0. The Balaban J connectivity index is 1.91. The van der Waals surface area contributed by atoms with E-state index in [0.717, 1.165) is 18.9 Å².